The van der Waals surface area contributed by atoms with Gasteiger partial charge in [0.25, 0.3) is 5.91 Å². The second kappa shape index (κ2) is 8.85. The van der Waals surface area contributed by atoms with Gasteiger partial charge in [-0.3, -0.25) is 9.79 Å². The number of thiophene rings is 1. The summed E-state index contributed by atoms with van der Waals surface area (Å²) in [4.78, 5) is 18.1. The van der Waals surface area contributed by atoms with Gasteiger partial charge in [-0.1, -0.05) is 43.0 Å². The summed E-state index contributed by atoms with van der Waals surface area (Å²) in [5.41, 5.74) is 7.63. The lowest BCUT2D eigenvalue weighted by Crippen LogP contribution is -2.55. The van der Waals surface area contributed by atoms with Crippen molar-refractivity contribution in [1.29, 1.82) is 5.26 Å². The Bertz CT molecular complexity index is 1210. The molecule has 1 unspecified atom stereocenters. The van der Waals surface area contributed by atoms with Crippen LogP contribution >= 0.6 is 22.9 Å². The van der Waals surface area contributed by atoms with Gasteiger partial charge in [-0.15, -0.1) is 11.3 Å². The van der Waals surface area contributed by atoms with Crippen LogP contribution in [0.3, 0.4) is 0 Å². The van der Waals surface area contributed by atoms with Crippen molar-refractivity contribution in [2.45, 2.75) is 49.4 Å². The number of amides is 1. The maximum atomic E-state index is 13.2. The van der Waals surface area contributed by atoms with Gasteiger partial charge >= 0.3 is 0 Å². The van der Waals surface area contributed by atoms with Crippen LogP contribution in [-0.2, 0) is 16.4 Å². The van der Waals surface area contributed by atoms with Crippen LogP contribution in [0.15, 0.2) is 35.3 Å². The zero-order valence-electron chi connectivity index (χ0n) is 17.3. The van der Waals surface area contributed by atoms with Gasteiger partial charge in [0.15, 0.2) is 9.84 Å². The SMILES string of the molecule is N#Cc1ccc(CNC(=O)c2cc(Cl)c(C3CS(=O)(=O)C4(CCCCC4)C(N)=N3)s2)cc1. The van der Waals surface area contributed by atoms with Crippen LogP contribution in [0.4, 0.5) is 0 Å². The maximum Gasteiger partial charge on any atom is 0.261 e. The largest absolute Gasteiger partial charge is 0.386 e. The highest BCUT2D eigenvalue weighted by Crippen LogP contribution is 2.44. The molecule has 1 saturated carbocycles. The fraction of sp³-hybridized carbons (Fsp3) is 0.409. The second-order valence-electron chi connectivity index (χ2n) is 8.18. The van der Waals surface area contributed by atoms with E-state index in [2.05, 4.69) is 16.4 Å². The van der Waals surface area contributed by atoms with E-state index in [-0.39, 0.29) is 17.5 Å². The summed E-state index contributed by atoms with van der Waals surface area (Å²) in [5.74, 6) is -0.295. The van der Waals surface area contributed by atoms with Crippen LogP contribution in [0.25, 0.3) is 0 Å². The third-order valence-electron chi connectivity index (χ3n) is 6.17. The molecule has 7 nitrogen and oxygen atoms in total. The number of sulfone groups is 1. The van der Waals surface area contributed by atoms with E-state index < -0.39 is 20.6 Å². The van der Waals surface area contributed by atoms with Crippen molar-refractivity contribution in [3.8, 4) is 6.07 Å². The van der Waals surface area contributed by atoms with Gasteiger partial charge in [-0.2, -0.15) is 5.26 Å². The average molecular weight is 491 g/mol. The zero-order chi connectivity index (χ0) is 22.9. The number of nitrogens with one attached hydrogen (secondary N) is 1. The Morgan fingerprint density at radius 2 is 1.97 bits per heavy atom. The van der Waals surface area contributed by atoms with Gasteiger partial charge in [0.1, 0.15) is 16.6 Å². The standard InChI is InChI=1S/C22H23ClN4O3S2/c23-16-10-18(20(28)26-12-15-6-4-14(11-24)5-7-15)31-19(16)17-13-32(29,30)22(21(25)27-17)8-2-1-3-9-22/h4-7,10,17H,1-3,8-9,12-13H2,(H2,25,27)(H,26,28). The summed E-state index contributed by atoms with van der Waals surface area (Å²) in [5, 5.41) is 12.0. The Labute approximate surface area is 196 Å². The van der Waals surface area contributed by atoms with E-state index in [1.165, 1.54) is 0 Å². The molecule has 1 aliphatic carbocycles. The molecule has 0 bridgehead atoms. The number of carbonyl (C=O) groups is 1. The molecule has 2 aliphatic rings. The molecular formula is C22H23ClN4O3S2. The van der Waals surface area contributed by atoms with Crippen LogP contribution in [0.1, 0.15) is 63.8 Å². The summed E-state index contributed by atoms with van der Waals surface area (Å²) >= 11 is 7.52. The topological polar surface area (TPSA) is 125 Å². The number of carbonyl (C=O) groups excluding carboxylic acids is 1. The summed E-state index contributed by atoms with van der Waals surface area (Å²) in [6.07, 6.45) is 3.68. The molecule has 1 aromatic heterocycles. The van der Waals surface area contributed by atoms with Crippen molar-refractivity contribution in [3.05, 3.63) is 56.2 Å². The monoisotopic (exact) mass is 490 g/mol. The Hall–Kier alpha value is -2.41. The van der Waals surface area contributed by atoms with Crippen LogP contribution in [0, 0.1) is 11.3 Å². The molecule has 2 heterocycles. The highest BCUT2D eigenvalue weighted by atomic mass is 35.5. The minimum atomic E-state index is -3.50. The fourth-order valence-electron chi connectivity index (χ4n) is 4.36. The van der Waals surface area contributed by atoms with E-state index in [1.807, 2.05) is 0 Å². The van der Waals surface area contributed by atoms with Crippen LogP contribution in [0.5, 0.6) is 0 Å². The second-order valence-corrected chi connectivity index (χ2v) is 12.0. The summed E-state index contributed by atoms with van der Waals surface area (Å²) in [6.45, 7) is 0.292. The number of halogens is 1. The minimum absolute atomic E-state index is 0.153. The molecule has 168 valence electrons. The van der Waals surface area contributed by atoms with Gasteiger partial charge in [0.05, 0.1) is 27.3 Å². The molecule has 1 atom stereocenters. The molecule has 1 aromatic carbocycles. The number of nitrogens with zero attached hydrogens (tertiary/aromatic N) is 2. The van der Waals surface area contributed by atoms with Gasteiger partial charge in [0.2, 0.25) is 0 Å². The highest BCUT2D eigenvalue weighted by molar-refractivity contribution is 7.93. The third kappa shape index (κ3) is 4.15. The van der Waals surface area contributed by atoms with Gasteiger partial charge in [-0.25, -0.2) is 8.42 Å². The maximum absolute atomic E-state index is 13.2. The third-order valence-corrected chi connectivity index (χ3v) is 10.4. The van der Waals surface area contributed by atoms with E-state index in [9.17, 15) is 13.2 Å². The Balaban J connectivity index is 1.52. The van der Waals surface area contributed by atoms with E-state index in [0.717, 1.165) is 36.2 Å². The molecule has 3 N–H and O–H groups in total. The first-order valence-electron chi connectivity index (χ1n) is 10.4. The lowest BCUT2D eigenvalue weighted by atomic mass is 9.87. The molecular weight excluding hydrogens is 468 g/mol. The molecule has 0 radical (unpaired) electrons. The van der Waals surface area contributed by atoms with E-state index in [0.29, 0.717) is 39.7 Å². The van der Waals surface area contributed by atoms with Crippen LogP contribution < -0.4 is 11.1 Å². The average Bonchev–Trinajstić information content (AvgIpc) is 3.18. The van der Waals surface area contributed by atoms with Gasteiger partial charge in [-0.05, 0) is 36.6 Å². The summed E-state index contributed by atoms with van der Waals surface area (Å²) in [7, 11) is -3.50. The molecule has 1 aliphatic heterocycles. The normalized spacial score (nSPS) is 21.5. The lowest BCUT2D eigenvalue weighted by Gasteiger charge is -2.40. The molecule has 0 saturated heterocycles. The molecule has 32 heavy (non-hydrogen) atoms. The van der Waals surface area contributed by atoms with Crippen molar-refractivity contribution in [2.24, 2.45) is 10.7 Å². The van der Waals surface area contributed by atoms with Crippen molar-refractivity contribution in [3.63, 3.8) is 0 Å². The van der Waals surface area contributed by atoms with Gasteiger partial charge in [0, 0.05) is 11.4 Å². The van der Waals surface area contributed by atoms with Crippen LogP contribution in [-0.4, -0.2) is 30.7 Å². The van der Waals surface area contributed by atoms with Crippen molar-refractivity contribution >= 4 is 44.5 Å². The number of aliphatic imine (C=N–C) groups is 1. The number of hydrogen-bond acceptors (Lipinski definition) is 7. The van der Waals surface area contributed by atoms with Crippen molar-refractivity contribution in [1.82, 2.24) is 5.32 Å². The molecule has 4 rings (SSSR count). The first-order valence-corrected chi connectivity index (χ1v) is 13.2. The lowest BCUT2D eigenvalue weighted by molar-refractivity contribution is 0.0955. The number of amidine groups is 1. The van der Waals surface area contributed by atoms with E-state index in [4.69, 9.17) is 22.6 Å². The number of benzene rings is 1. The number of hydrogen-bond donors (Lipinski definition) is 2. The quantitative estimate of drug-likeness (QED) is 0.675. The molecule has 10 heteroatoms. The van der Waals surface area contributed by atoms with Crippen molar-refractivity contribution in [2.75, 3.05) is 5.75 Å². The predicted octanol–water partition coefficient (Wildman–Crippen LogP) is 3.73. The first kappa shape index (κ1) is 22.8. The highest BCUT2D eigenvalue weighted by Gasteiger charge is 2.51. The Kier molecular flexibility index (Phi) is 6.30. The first-order chi connectivity index (χ1) is 15.3. The van der Waals surface area contributed by atoms with E-state index in [1.54, 1.807) is 30.3 Å². The molecule has 2 aromatic rings. The molecule has 1 spiro atoms. The minimum Gasteiger partial charge on any atom is -0.386 e. The van der Waals surface area contributed by atoms with Crippen molar-refractivity contribution < 1.29 is 13.2 Å². The smallest absolute Gasteiger partial charge is 0.261 e. The number of nitriles is 1. The number of nitrogens with two attached hydrogens (primary N) is 1. The zero-order valence-corrected chi connectivity index (χ0v) is 19.7. The molecule has 1 amide bonds. The predicted molar refractivity (Wildman–Crippen MR) is 126 cm³/mol. The van der Waals surface area contributed by atoms with E-state index >= 15 is 0 Å². The number of rotatable bonds is 4. The Morgan fingerprint density at radius 1 is 1.28 bits per heavy atom. The summed E-state index contributed by atoms with van der Waals surface area (Å²) < 4.78 is 25.4. The molecule has 1 fully saturated rings. The fourth-order valence-corrected chi connectivity index (χ4v) is 8.15. The summed E-state index contributed by atoms with van der Waals surface area (Å²) in [6, 6.07) is 9.81. The van der Waals surface area contributed by atoms with Gasteiger partial charge < -0.3 is 11.1 Å². The van der Waals surface area contributed by atoms with Crippen LogP contribution in [0.2, 0.25) is 5.02 Å². The Morgan fingerprint density at radius 3 is 2.59 bits per heavy atom.